The number of anilines is 2. The number of hydrogen-bond donors (Lipinski definition) is 3. The Kier molecular flexibility index (Phi) is 5.93. The zero-order valence-corrected chi connectivity index (χ0v) is 16.0. The van der Waals surface area contributed by atoms with Crippen LogP contribution in [0, 0.1) is 13.8 Å². The lowest BCUT2D eigenvalue weighted by atomic mass is 10.1. The second-order valence-corrected chi connectivity index (χ2v) is 6.93. The summed E-state index contributed by atoms with van der Waals surface area (Å²) in [6.07, 6.45) is 0. The monoisotopic (exact) mass is 380 g/mol. The first-order chi connectivity index (χ1) is 13.4. The summed E-state index contributed by atoms with van der Waals surface area (Å²) in [5, 5.41) is 8.18. The zero-order valence-electron chi connectivity index (χ0n) is 16.0. The van der Waals surface area contributed by atoms with Gasteiger partial charge in [-0.3, -0.25) is 14.4 Å². The first-order valence-corrected chi connectivity index (χ1v) is 9.19. The lowest BCUT2D eigenvalue weighted by molar-refractivity contribution is -0.120. The van der Waals surface area contributed by atoms with Crippen molar-refractivity contribution in [2.24, 2.45) is 0 Å². The van der Waals surface area contributed by atoms with Gasteiger partial charge in [0.1, 0.15) is 0 Å². The van der Waals surface area contributed by atoms with Gasteiger partial charge in [0.25, 0.3) is 5.91 Å². The van der Waals surface area contributed by atoms with E-state index in [0.29, 0.717) is 24.3 Å². The topological polar surface area (TPSA) is 90.5 Å². The third-order valence-electron chi connectivity index (χ3n) is 4.45. The molecule has 0 bridgehead atoms. The van der Waals surface area contributed by atoms with Gasteiger partial charge in [0, 0.05) is 30.0 Å². The van der Waals surface area contributed by atoms with E-state index < -0.39 is 0 Å². The van der Waals surface area contributed by atoms with Crippen LogP contribution in [0.5, 0.6) is 0 Å². The first-order valence-electron chi connectivity index (χ1n) is 9.19. The molecule has 7 nitrogen and oxygen atoms in total. The van der Waals surface area contributed by atoms with Gasteiger partial charge in [-0.1, -0.05) is 17.2 Å². The van der Waals surface area contributed by atoms with Crippen LogP contribution < -0.4 is 20.9 Å². The molecule has 3 N–H and O–H groups in total. The molecule has 146 valence electrons. The highest BCUT2D eigenvalue weighted by Gasteiger charge is 2.16. The fraction of sp³-hybridized carbons (Fsp3) is 0.286. The quantitative estimate of drug-likeness (QED) is 0.735. The van der Waals surface area contributed by atoms with Gasteiger partial charge >= 0.3 is 0 Å². The number of hydrogen-bond acceptors (Lipinski definition) is 4. The van der Waals surface area contributed by atoms with Crippen LogP contribution >= 0.6 is 0 Å². The van der Waals surface area contributed by atoms with Gasteiger partial charge in [-0.05, 0) is 50.2 Å². The molecule has 0 aliphatic carbocycles. The number of nitrogens with zero attached hydrogens (tertiary/aromatic N) is 1. The van der Waals surface area contributed by atoms with E-state index in [1.54, 1.807) is 24.3 Å². The molecule has 3 amide bonds. The van der Waals surface area contributed by atoms with E-state index in [0.717, 1.165) is 23.4 Å². The molecule has 0 radical (unpaired) electrons. The van der Waals surface area contributed by atoms with Crippen LogP contribution in [-0.4, -0.2) is 43.9 Å². The number of aryl methyl sites for hydroxylation is 2. The standard InChI is InChI=1S/C21H24N4O3/c1-14-9-15(2)11-16(10-14)21(28)23-12-19(26)24-17-3-5-18(6-4-17)25-8-7-22-20(27)13-25/h3-6,9-11H,7-8,12-13H2,1-2H3,(H,22,27)(H,23,28)(H,24,26). The van der Waals surface area contributed by atoms with Crippen LogP contribution in [0.2, 0.25) is 0 Å². The van der Waals surface area contributed by atoms with E-state index in [1.807, 2.05) is 36.9 Å². The van der Waals surface area contributed by atoms with Gasteiger partial charge in [-0.25, -0.2) is 0 Å². The highest BCUT2D eigenvalue weighted by Crippen LogP contribution is 2.18. The van der Waals surface area contributed by atoms with Crippen molar-refractivity contribution in [3.8, 4) is 0 Å². The van der Waals surface area contributed by atoms with Crippen LogP contribution in [0.1, 0.15) is 21.5 Å². The molecule has 3 rings (SSSR count). The Hall–Kier alpha value is -3.35. The van der Waals surface area contributed by atoms with Crippen molar-refractivity contribution in [1.29, 1.82) is 0 Å². The van der Waals surface area contributed by atoms with Crippen LogP contribution in [0.25, 0.3) is 0 Å². The normalized spacial score (nSPS) is 13.6. The molecule has 0 saturated carbocycles. The maximum Gasteiger partial charge on any atom is 0.251 e. The van der Waals surface area contributed by atoms with Crippen LogP contribution in [0.3, 0.4) is 0 Å². The maximum absolute atomic E-state index is 12.2. The average Bonchev–Trinajstić information content (AvgIpc) is 2.66. The third-order valence-corrected chi connectivity index (χ3v) is 4.45. The van der Waals surface area contributed by atoms with Gasteiger partial charge in [-0.2, -0.15) is 0 Å². The summed E-state index contributed by atoms with van der Waals surface area (Å²) in [5.41, 5.74) is 4.11. The van der Waals surface area contributed by atoms with Crippen LogP contribution in [0.4, 0.5) is 11.4 Å². The number of carbonyl (C=O) groups excluding carboxylic acids is 3. The summed E-state index contributed by atoms with van der Waals surface area (Å²) >= 11 is 0. The van der Waals surface area contributed by atoms with Crippen molar-refractivity contribution in [2.75, 3.05) is 36.4 Å². The van der Waals surface area contributed by atoms with E-state index >= 15 is 0 Å². The minimum atomic E-state index is -0.303. The predicted molar refractivity (Wildman–Crippen MR) is 109 cm³/mol. The highest BCUT2D eigenvalue weighted by molar-refractivity contribution is 5.99. The van der Waals surface area contributed by atoms with Gasteiger partial charge in [0.15, 0.2) is 0 Å². The van der Waals surface area contributed by atoms with Gasteiger partial charge in [0.2, 0.25) is 11.8 Å². The number of piperazine rings is 1. The molecule has 1 saturated heterocycles. The Bertz CT molecular complexity index is 873. The Morgan fingerprint density at radius 2 is 1.75 bits per heavy atom. The summed E-state index contributed by atoms with van der Waals surface area (Å²) in [4.78, 5) is 37.8. The lowest BCUT2D eigenvalue weighted by Gasteiger charge is -2.28. The number of benzene rings is 2. The predicted octanol–water partition coefficient (Wildman–Crippen LogP) is 1.61. The highest BCUT2D eigenvalue weighted by atomic mass is 16.2. The minimum Gasteiger partial charge on any atom is -0.360 e. The Morgan fingerprint density at radius 3 is 2.39 bits per heavy atom. The van der Waals surface area contributed by atoms with E-state index in [1.165, 1.54) is 0 Å². The molecule has 0 aromatic heterocycles. The molecule has 1 aliphatic rings. The van der Waals surface area contributed by atoms with Crippen LogP contribution in [0.15, 0.2) is 42.5 Å². The van der Waals surface area contributed by atoms with Gasteiger partial charge in [-0.15, -0.1) is 0 Å². The van der Waals surface area contributed by atoms with E-state index in [-0.39, 0.29) is 24.3 Å². The molecular formula is C21H24N4O3. The molecule has 7 heteroatoms. The first kappa shape index (κ1) is 19.4. The smallest absolute Gasteiger partial charge is 0.251 e. The van der Waals surface area contributed by atoms with E-state index in [4.69, 9.17) is 0 Å². The van der Waals surface area contributed by atoms with E-state index in [9.17, 15) is 14.4 Å². The number of rotatable bonds is 5. The minimum absolute atomic E-state index is 0.00294. The van der Waals surface area contributed by atoms with E-state index in [2.05, 4.69) is 16.0 Å². The second-order valence-electron chi connectivity index (χ2n) is 6.93. The van der Waals surface area contributed by atoms with Gasteiger partial charge in [0.05, 0.1) is 13.1 Å². The molecule has 2 aromatic rings. The molecule has 1 heterocycles. The Labute approximate surface area is 164 Å². The third kappa shape index (κ3) is 5.09. The molecule has 0 spiro atoms. The maximum atomic E-state index is 12.2. The Morgan fingerprint density at radius 1 is 1.07 bits per heavy atom. The number of carbonyl (C=O) groups is 3. The zero-order chi connectivity index (χ0) is 20.1. The fourth-order valence-electron chi connectivity index (χ4n) is 3.19. The molecule has 1 fully saturated rings. The molecule has 2 aromatic carbocycles. The largest absolute Gasteiger partial charge is 0.360 e. The van der Waals surface area contributed by atoms with Crippen molar-refractivity contribution in [3.05, 3.63) is 59.2 Å². The van der Waals surface area contributed by atoms with Crippen LogP contribution in [-0.2, 0) is 9.59 Å². The number of amides is 3. The summed E-state index contributed by atoms with van der Waals surface area (Å²) in [6.45, 7) is 5.45. The number of nitrogens with one attached hydrogen (secondary N) is 3. The molecule has 0 unspecified atom stereocenters. The average molecular weight is 380 g/mol. The molecule has 1 aliphatic heterocycles. The lowest BCUT2D eigenvalue weighted by Crippen LogP contribution is -2.47. The summed E-state index contributed by atoms with van der Waals surface area (Å²) in [7, 11) is 0. The molecular weight excluding hydrogens is 356 g/mol. The Balaban J connectivity index is 1.51. The summed E-state index contributed by atoms with van der Waals surface area (Å²) in [6, 6.07) is 12.9. The summed E-state index contributed by atoms with van der Waals surface area (Å²) in [5.74, 6) is -0.577. The van der Waals surface area contributed by atoms with Crippen molar-refractivity contribution in [1.82, 2.24) is 10.6 Å². The van der Waals surface area contributed by atoms with Gasteiger partial charge < -0.3 is 20.9 Å². The van der Waals surface area contributed by atoms with Crippen molar-refractivity contribution >= 4 is 29.1 Å². The van der Waals surface area contributed by atoms with Crippen molar-refractivity contribution in [2.45, 2.75) is 13.8 Å². The summed E-state index contributed by atoms with van der Waals surface area (Å²) < 4.78 is 0. The fourth-order valence-corrected chi connectivity index (χ4v) is 3.19. The van der Waals surface area contributed by atoms with Crippen molar-refractivity contribution < 1.29 is 14.4 Å². The van der Waals surface area contributed by atoms with Crippen molar-refractivity contribution in [3.63, 3.8) is 0 Å². The SMILES string of the molecule is Cc1cc(C)cc(C(=O)NCC(=O)Nc2ccc(N3CCNC(=O)C3)cc2)c1. The molecule has 28 heavy (non-hydrogen) atoms. The second kappa shape index (κ2) is 8.56. The molecule has 0 atom stereocenters.